The first-order valence-corrected chi connectivity index (χ1v) is 9.09. The summed E-state index contributed by atoms with van der Waals surface area (Å²) in [7, 11) is 0. The third-order valence-electron chi connectivity index (χ3n) is 4.50. The van der Waals surface area contributed by atoms with E-state index in [4.69, 9.17) is 15.2 Å². The van der Waals surface area contributed by atoms with E-state index in [9.17, 15) is 0 Å². The minimum atomic E-state index is 0.00893. The van der Waals surface area contributed by atoms with Crippen molar-refractivity contribution >= 4 is 0 Å². The fraction of sp³-hybridized carbons (Fsp3) is 0.476. The number of ether oxygens (including phenoxy) is 2. The Morgan fingerprint density at radius 3 is 2.68 bits per heavy atom. The van der Waals surface area contributed by atoms with Gasteiger partial charge < -0.3 is 15.2 Å². The summed E-state index contributed by atoms with van der Waals surface area (Å²) < 4.78 is 12.2. The van der Waals surface area contributed by atoms with Crippen LogP contribution in [0.15, 0.2) is 36.7 Å². The average molecular weight is 340 g/mol. The first kappa shape index (κ1) is 17.7. The van der Waals surface area contributed by atoms with E-state index in [0.717, 1.165) is 29.0 Å². The summed E-state index contributed by atoms with van der Waals surface area (Å²) in [5.41, 5.74) is 9.56. The standard InChI is InChI=1S/C21H28N2O2/c1-13(2)9-15(22)12-24-16-5-6-18-17-7-8-23-11-19(17)21(14(3)4)25-20(18)10-16/h5-8,10-11,13-15,21H,9,12,22H2,1-4H3/t15-,21?/m0/s1. The van der Waals surface area contributed by atoms with Crippen molar-refractivity contribution in [3.8, 4) is 22.6 Å². The Balaban J connectivity index is 1.82. The van der Waals surface area contributed by atoms with Gasteiger partial charge in [-0.25, -0.2) is 0 Å². The van der Waals surface area contributed by atoms with E-state index in [2.05, 4.69) is 44.8 Å². The molecule has 2 heterocycles. The van der Waals surface area contributed by atoms with Gasteiger partial charge in [-0.1, -0.05) is 27.7 Å². The first-order valence-electron chi connectivity index (χ1n) is 9.09. The Morgan fingerprint density at radius 2 is 1.96 bits per heavy atom. The fourth-order valence-electron chi connectivity index (χ4n) is 3.36. The molecule has 0 radical (unpaired) electrons. The highest BCUT2D eigenvalue weighted by Gasteiger charge is 2.28. The molecule has 4 heteroatoms. The van der Waals surface area contributed by atoms with Crippen molar-refractivity contribution in [2.45, 2.75) is 46.3 Å². The van der Waals surface area contributed by atoms with Crippen LogP contribution in [-0.4, -0.2) is 17.6 Å². The molecule has 3 rings (SSSR count). The summed E-state index contributed by atoms with van der Waals surface area (Å²) in [6.45, 7) is 9.19. The zero-order valence-electron chi connectivity index (χ0n) is 15.5. The van der Waals surface area contributed by atoms with Gasteiger partial charge in [-0.2, -0.15) is 0 Å². The molecule has 134 valence electrons. The molecular weight excluding hydrogens is 312 g/mol. The average Bonchev–Trinajstić information content (AvgIpc) is 2.58. The number of hydrogen-bond donors (Lipinski definition) is 1. The maximum Gasteiger partial charge on any atom is 0.131 e. The third-order valence-corrected chi connectivity index (χ3v) is 4.50. The second kappa shape index (κ2) is 7.44. The van der Waals surface area contributed by atoms with E-state index in [1.165, 1.54) is 5.56 Å². The molecule has 0 saturated heterocycles. The maximum atomic E-state index is 6.28. The van der Waals surface area contributed by atoms with Crippen molar-refractivity contribution in [3.63, 3.8) is 0 Å². The van der Waals surface area contributed by atoms with Gasteiger partial charge in [0.1, 0.15) is 24.2 Å². The van der Waals surface area contributed by atoms with Crippen LogP contribution in [0.3, 0.4) is 0 Å². The molecule has 0 fully saturated rings. The first-order chi connectivity index (χ1) is 12.0. The fourth-order valence-corrected chi connectivity index (χ4v) is 3.36. The molecule has 2 atom stereocenters. The third kappa shape index (κ3) is 3.96. The summed E-state index contributed by atoms with van der Waals surface area (Å²) in [5.74, 6) is 2.60. The lowest BCUT2D eigenvalue weighted by molar-refractivity contribution is 0.149. The molecule has 2 N–H and O–H groups in total. The molecule has 1 aromatic carbocycles. The van der Waals surface area contributed by atoms with Crippen molar-refractivity contribution in [3.05, 3.63) is 42.2 Å². The molecule has 1 aliphatic rings. The van der Waals surface area contributed by atoms with Crippen molar-refractivity contribution < 1.29 is 9.47 Å². The maximum absolute atomic E-state index is 6.28. The number of nitrogens with two attached hydrogens (primary N) is 1. The van der Waals surface area contributed by atoms with Crippen molar-refractivity contribution in [2.75, 3.05) is 6.61 Å². The Hall–Kier alpha value is -2.07. The topological polar surface area (TPSA) is 57.4 Å². The molecule has 0 spiro atoms. The van der Waals surface area contributed by atoms with Crippen molar-refractivity contribution in [1.82, 2.24) is 4.98 Å². The molecule has 1 unspecified atom stereocenters. The molecule has 1 aliphatic heterocycles. The summed E-state index contributed by atoms with van der Waals surface area (Å²) in [4.78, 5) is 4.27. The second-order valence-electron chi connectivity index (χ2n) is 7.60. The van der Waals surface area contributed by atoms with Gasteiger partial charge in [-0.05, 0) is 42.0 Å². The lowest BCUT2D eigenvalue weighted by Crippen LogP contribution is -2.29. The number of fused-ring (bicyclic) bond motifs is 3. The van der Waals surface area contributed by atoms with Crippen LogP contribution in [0.1, 0.15) is 45.8 Å². The lowest BCUT2D eigenvalue weighted by Gasteiger charge is -2.31. The predicted molar refractivity (Wildman–Crippen MR) is 101 cm³/mol. The van der Waals surface area contributed by atoms with Gasteiger partial charge in [0.15, 0.2) is 0 Å². The largest absolute Gasteiger partial charge is 0.492 e. The quantitative estimate of drug-likeness (QED) is 0.835. The molecular formula is C21H28N2O2. The molecule has 25 heavy (non-hydrogen) atoms. The summed E-state index contributed by atoms with van der Waals surface area (Å²) >= 11 is 0. The van der Waals surface area contributed by atoms with Crippen LogP contribution < -0.4 is 15.2 Å². The number of aromatic nitrogens is 1. The number of hydrogen-bond acceptors (Lipinski definition) is 4. The van der Waals surface area contributed by atoms with Gasteiger partial charge in [0.05, 0.1) is 0 Å². The van der Waals surface area contributed by atoms with Crippen LogP contribution >= 0.6 is 0 Å². The Labute approximate surface area is 150 Å². The van der Waals surface area contributed by atoms with Crippen LogP contribution in [0.2, 0.25) is 0 Å². The van der Waals surface area contributed by atoms with Gasteiger partial charge in [0.25, 0.3) is 0 Å². The van der Waals surface area contributed by atoms with Crippen molar-refractivity contribution in [2.24, 2.45) is 17.6 Å². The van der Waals surface area contributed by atoms with E-state index in [1.807, 2.05) is 24.5 Å². The van der Waals surface area contributed by atoms with Gasteiger partial charge >= 0.3 is 0 Å². The van der Waals surface area contributed by atoms with E-state index >= 15 is 0 Å². The molecule has 0 saturated carbocycles. The molecule has 1 aromatic heterocycles. The van der Waals surface area contributed by atoms with Gasteiger partial charge in [-0.3, -0.25) is 4.98 Å². The van der Waals surface area contributed by atoms with Crippen LogP contribution in [0.5, 0.6) is 11.5 Å². The lowest BCUT2D eigenvalue weighted by atomic mass is 9.89. The van der Waals surface area contributed by atoms with Crippen LogP contribution in [0.4, 0.5) is 0 Å². The Morgan fingerprint density at radius 1 is 1.16 bits per heavy atom. The highest BCUT2D eigenvalue weighted by Crippen LogP contribution is 2.45. The predicted octanol–water partition coefficient (Wildman–Crippen LogP) is 4.59. The number of rotatable bonds is 6. The number of pyridine rings is 1. The van der Waals surface area contributed by atoms with Crippen molar-refractivity contribution in [1.29, 1.82) is 0 Å². The highest BCUT2D eigenvalue weighted by molar-refractivity contribution is 5.76. The van der Waals surface area contributed by atoms with E-state index in [0.29, 0.717) is 18.4 Å². The Bertz CT molecular complexity index is 728. The van der Waals surface area contributed by atoms with Crippen LogP contribution in [0, 0.1) is 11.8 Å². The van der Waals surface area contributed by atoms with E-state index in [-0.39, 0.29) is 12.1 Å². The second-order valence-corrected chi connectivity index (χ2v) is 7.60. The molecule has 0 amide bonds. The van der Waals surface area contributed by atoms with Gasteiger partial charge in [0.2, 0.25) is 0 Å². The van der Waals surface area contributed by atoms with Gasteiger partial charge in [0, 0.05) is 35.6 Å². The molecule has 2 aromatic rings. The molecule has 4 nitrogen and oxygen atoms in total. The summed E-state index contributed by atoms with van der Waals surface area (Å²) in [6.07, 6.45) is 4.71. The van der Waals surface area contributed by atoms with Gasteiger partial charge in [-0.15, -0.1) is 0 Å². The highest BCUT2D eigenvalue weighted by atomic mass is 16.5. The zero-order valence-corrected chi connectivity index (χ0v) is 15.5. The van der Waals surface area contributed by atoms with E-state index in [1.54, 1.807) is 0 Å². The van der Waals surface area contributed by atoms with E-state index < -0.39 is 0 Å². The van der Waals surface area contributed by atoms with Crippen LogP contribution in [0.25, 0.3) is 11.1 Å². The minimum Gasteiger partial charge on any atom is -0.492 e. The molecule has 0 aliphatic carbocycles. The minimum absolute atomic E-state index is 0.00893. The van der Waals surface area contributed by atoms with Crippen LogP contribution in [-0.2, 0) is 0 Å². The molecule has 0 bridgehead atoms. The zero-order chi connectivity index (χ0) is 18.0. The normalized spacial score (nSPS) is 17.0. The summed E-state index contributed by atoms with van der Waals surface area (Å²) in [5, 5.41) is 0. The smallest absolute Gasteiger partial charge is 0.131 e. The number of nitrogens with zero attached hydrogens (tertiary/aromatic N) is 1. The SMILES string of the molecule is CC(C)C[C@H](N)COc1ccc2c(c1)OC(C(C)C)c1cnccc1-2. The Kier molecular flexibility index (Phi) is 5.28. The monoisotopic (exact) mass is 340 g/mol. The summed E-state index contributed by atoms with van der Waals surface area (Å²) in [6, 6.07) is 8.15. The number of benzene rings is 1.